The van der Waals surface area contributed by atoms with E-state index in [-0.39, 0.29) is 12.6 Å². The molecule has 1 aromatic carbocycles. The molecule has 0 saturated heterocycles. The highest BCUT2D eigenvalue weighted by Crippen LogP contribution is 2.26. The van der Waals surface area contributed by atoms with Crippen LogP contribution in [0.5, 0.6) is 0 Å². The largest absolute Gasteiger partial charge is 0.394 e. The fourth-order valence-electron chi connectivity index (χ4n) is 1.78. The highest BCUT2D eigenvalue weighted by Gasteiger charge is 2.15. The number of hydrogen-bond donors (Lipinski definition) is 2. The Bertz CT molecular complexity index is 545. The lowest BCUT2D eigenvalue weighted by Gasteiger charge is -2.21. The summed E-state index contributed by atoms with van der Waals surface area (Å²) in [5, 5.41) is 22.7. The molecule has 0 amide bonds. The highest BCUT2D eigenvalue weighted by atomic mass is 35.5. The molecule has 1 aromatic heterocycles. The summed E-state index contributed by atoms with van der Waals surface area (Å²) in [4.78, 5) is 0. The molecule has 1 heterocycles. The number of nitrogens with zero attached hydrogens (tertiary/aromatic N) is 2. The smallest absolute Gasteiger partial charge is 0.159 e. The molecule has 0 bridgehead atoms. The summed E-state index contributed by atoms with van der Waals surface area (Å²) >= 11 is 6.01. The van der Waals surface area contributed by atoms with Gasteiger partial charge in [-0.15, -0.1) is 10.2 Å². The van der Waals surface area contributed by atoms with E-state index in [0.29, 0.717) is 16.9 Å². The first kappa shape index (κ1) is 13.1. The molecule has 2 N–H and O–H groups in total. The summed E-state index contributed by atoms with van der Waals surface area (Å²) in [6.07, 6.45) is 0. The number of fused-ring (bicyclic) bond motifs is 1. The van der Waals surface area contributed by atoms with Crippen LogP contribution in [0.15, 0.2) is 24.3 Å². The lowest BCUT2D eigenvalue weighted by atomic mass is 10.1. The molecule has 18 heavy (non-hydrogen) atoms. The fraction of sp³-hybridized carbons (Fsp3) is 0.385. The van der Waals surface area contributed by atoms with E-state index in [0.717, 1.165) is 10.8 Å². The van der Waals surface area contributed by atoms with Crippen molar-refractivity contribution in [2.45, 2.75) is 19.9 Å². The van der Waals surface area contributed by atoms with Gasteiger partial charge in [-0.25, -0.2) is 0 Å². The van der Waals surface area contributed by atoms with Gasteiger partial charge in [-0.05, 0) is 5.92 Å². The molecule has 2 rings (SSSR count). The zero-order chi connectivity index (χ0) is 13.1. The van der Waals surface area contributed by atoms with Gasteiger partial charge in [-0.2, -0.15) is 0 Å². The molecule has 1 atom stereocenters. The molecule has 0 spiro atoms. The maximum absolute atomic E-state index is 9.35. The highest BCUT2D eigenvalue weighted by molar-refractivity contribution is 6.34. The minimum absolute atomic E-state index is 0.0519. The summed E-state index contributed by atoms with van der Waals surface area (Å²) in [5.74, 6) is 0.953. The van der Waals surface area contributed by atoms with Gasteiger partial charge in [0.2, 0.25) is 0 Å². The number of benzene rings is 1. The summed E-state index contributed by atoms with van der Waals surface area (Å²) < 4.78 is 0. The Morgan fingerprint density at radius 3 is 2.50 bits per heavy atom. The number of hydrogen-bond acceptors (Lipinski definition) is 4. The Morgan fingerprint density at radius 1 is 1.22 bits per heavy atom. The SMILES string of the molecule is CC(C)C(CO)Nc1nnc(Cl)c2ccccc12. The molecule has 1 unspecified atom stereocenters. The maximum Gasteiger partial charge on any atom is 0.159 e. The van der Waals surface area contributed by atoms with E-state index in [2.05, 4.69) is 15.5 Å². The van der Waals surface area contributed by atoms with Gasteiger partial charge in [0.15, 0.2) is 11.0 Å². The summed E-state index contributed by atoms with van der Waals surface area (Å²) in [5.41, 5.74) is 0. The second-order valence-electron chi connectivity index (χ2n) is 4.56. The van der Waals surface area contributed by atoms with Crippen LogP contribution in [0.3, 0.4) is 0 Å². The average molecular weight is 266 g/mol. The van der Waals surface area contributed by atoms with Crippen LogP contribution < -0.4 is 5.32 Å². The molecular weight excluding hydrogens is 250 g/mol. The van der Waals surface area contributed by atoms with Crippen molar-refractivity contribution in [2.75, 3.05) is 11.9 Å². The monoisotopic (exact) mass is 265 g/mol. The third-order valence-electron chi connectivity index (χ3n) is 2.97. The Labute approximate surface area is 111 Å². The number of aliphatic hydroxyl groups excluding tert-OH is 1. The second kappa shape index (κ2) is 5.50. The van der Waals surface area contributed by atoms with Gasteiger partial charge in [0, 0.05) is 10.8 Å². The molecule has 0 aliphatic carbocycles. The van der Waals surface area contributed by atoms with Gasteiger partial charge >= 0.3 is 0 Å². The average Bonchev–Trinajstić information content (AvgIpc) is 2.38. The number of anilines is 1. The van der Waals surface area contributed by atoms with Gasteiger partial charge in [-0.3, -0.25) is 0 Å². The van der Waals surface area contributed by atoms with E-state index in [1.54, 1.807) is 0 Å². The summed E-state index contributed by atoms with van der Waals surface area (Å²) in [7, 11) is 0. The first-order valence-corrected chi connectivity index (χ1v) is 6.29. The zero-order valence-electron chi connectivity index (χ0n) is 10.4. The van der Waals surface area contributed by atoms with Crippen molar-refractivity contribution in [1.82, 2.24) is 10.2 Å². The molecule has 96 valence electrons. The third-order valence-corrected chi connectivity index (χ3v) is 3.24. The van der Waals surface area contributed by atoms with Gasteiger partial charge in [0.1, 0.15) is 0 Å². The van der Waals surface area contributed by atoms with E-state index in [1.807, 2.05) is 38.1 Å². The normalized spacial score (nSPS) is 12.9. The number of rotatable bonds is 4. The van der Waals surface area contributed by atoms with Gasteiger partial charge in [-0.1, -0.05) is 49.7 Å². The van der Waals surface area contributed by atoms with Crippen LogP contribution in [0.4, 0.5) is 5.82 Å². The van der Waals surface area contributed by atoms with Gasteiger partial charge < -0.3 is 10.4 Å². The summed E-state index contributed by atoms with van der Waals surface area (Å²) in [6.45, 7) is 4.13. The zero-order valence-corrected chi connectivity index (χ0v) is 11.1. The lowest BCUT2D eigenvalue weighted by Crippen LogP contribution is -2.30. The first-order valence-electron chi connectivity index (χ1n) is 5.91. The Kier molecular flexibility index (Phi) is 3.99. The maximum atomic E-state index is 9.35. The van der Waals surface area contributed by atoms with Crippen LogP contribution in [0, 0.1) is 5.92 Å². The minimum atomic E-state index is -0.0520. The van der Waals surface area contributed by atoms with Crippen LogP contribution in [-0.2, 0) is 0 Å². The lowest BCUT2D eigenvalue weighted by molar-refractivity contribution is 0.249. The van der Waals surface area contributed by atoms with E-state index < -0.39 is 0 Å². The number of nitrogens with one attached hydrogen (secondary N) is 1. The van der Waals surface area contributed by atoms with Crippen molar-refractivity contribution in [3.05, 3.63) is 29.4 Å². The Hall–Kier alpha value is -1.39. The standard InChI is InChI=1S/C13H16ClN3O/c1-8(2)11(7-18)15-13-10-6-4-3-5-9(10)12(14)16-17-13/h3-6,8,11,18H,7H2,1-2H3,(H,15,17). The van der Waals surface area contributed by atoms with Gasteiger partial charge in [0.05, 0.1) is 12.6 Å². The van der Waals surface area contributed by atoms with Crippen LogP contribution in [0.25, 0.3) is 10.8 Å². The molecule has 0 aliphatic heterocycles. The fourth-order valence-corrected chi connectivity index (χ4v) is 1.98. The third kappa shape index (κ3) is 2.54. The van der Waals surface area contributed by atoms with Crippen molar-refractivity contribution in [3.8, 4) is 0 Å². The topological polar surface area (TPSA) is 58.0 Å². The number of aromatic nitrogens is 2. The van der Waals surface area contributed by atoms with Crippen molar-refractivity contribution >= 4 is 28.2 Å². The second-order valence-corrected chi connectivity index (χ2v) is 4.92. The molecule has 0 aliphatic rings. The van der Waals surface area contributed by atoms with Crippen molar-refractivity contribution in [3.63, 3.8) is 0 Å². The molecule has 0 radical (unpaired) electrons. The molecule has 2 aromatic rings. The minimum Gasteiger partial charge on any atom is -0.394 e. The summed E-state index contributed by atoms with van der Waals surface area (Å²) in [6, 6.07) is 7.62. The van der Waals surface area contributed by atoms with E-state index in [1.165, 1.54) is 0 Å². The van der Waals surface area contributed by atoms with Crippen LogP contribution >= 0.6 is 11.6 Å². The van der Waals surface area contributed by atoms with Crippen molar-refractivity contribution in [2.24, 2.45) is 5.92 Å². The van der Waals surface area contributed by atoms with E-state index in [9.17, 15) is 5.11 Å². The van der Waals surface area contributed by atoms with E-state index in [4.69, 9.17) is 11.6 Å². The van der Waals surface area contributed by atoms with Crippen molar-refractivity contribution < 1.29 is 5.11 Å². The van der Waals surface area contributed by atoms with Gasteiger partial charge in [0.25, 0.3) is 0 Å². The molecule has 4 nitrogen and oxygen atoms in total. The Balaban J connectivity index is 2.42. The predicted octanol–water partition coefficient (Wildman–Crippen LogP) is 2.71. The first-order chi connectivity index (χ1) is 8.63. The van der Waals surface area contributed by atoms with Crippen LogP contribution in [0.1, 0.15) is 13.8 Å². The molecule has 0 fully saturated rings. The predicted molar refractivity (Wildman–Crippen MR) is 73.9 cm³/mol. The molecular formula is C13H16ClN3O. The van der Waals surface area contributed by atoms with Crippen LogP contribution in [0.2, 0.25) is 5.15 Å². The number of aliphatic hydroxyl groups is 1. The Morgan fingerprint density at radius 2 is 1.89 bits per heavy atom. The van der Waals surface area contributed by atoms with Crippen molar-refractivity contribution in [1.29, 1.82) is 0 Å². The molecule has 5 heteroatoms. The molecule has 0 saturated carbocycles. The number of halogens is 1. The van der Waals surface area contributed by atoms with E-state index >= 15 is 0 Å². The quantitative estimate of drug-likeness (QED) is 0.892. The van der Waals surface area contributed by atoms with Crippen LogP contribution in [-0.4, -0.2) is 28.0 Å².